The molecule has 0 aliphatic carbocycles. The van der Waals surface area contributed by atoms with Crippen LogP contribution in [-0.4, -0.2) is 52.7 Å². The predicted octanol–water partition coefficient (Wildman–Crippen LogP) is 6.01. The van der Waals surface area contributed by atoms with E-state index in [2.05, 4.69) is 24.5 Å². The highest BCUT2D eigenvalue weighted by Crippen LogP contribution is 2.13. The zero-order valence-electron chi connectivity index (χ0n) is 24.9. The number of carbonyl (C=O) groups is 3. The lowest BCUT2D eigenvalue weighted by Gasteiger charge is -2.23. The largest absolute Gasteiger partial charge is 0.480 e. The molecule has 0 heterocycles. The third-order valence-electron chi connectivity index (χ3n) is 7.20. The van der Waals surface area contributed by atoms with Gasteiger partial charge in [0, 0.05) is 6.61 Å². The van der Waals surface area contributed by atoms with Crippen molar-refractivity contribution in [3.63, 3.8) is 0 Å². The fourth-order valence-electron chi connectivity index (χ4n) is 4.65. The summed E-state index contributed by atoms with van der Waals surface area (Å²) in [6.07, 6.45) is 19.8. The first kappa shape index (κ1) is 39.8. The summed E-state index contributed by atoms with van der Waals surface area (Å²) in [6, 6.07) is -2.41. The van der Waals surface area contributed by atoms with Crippen molar-refractivity contribution in [2.24, 2.45) is 5.73 Å². The van der Waals surface area contributed by atoms with Crippen molar-refractivity contribution >= 4 is 30.2 Å². The molecule has 2 amide bonds. The lowest BCUT2D eigenvalue weighted by molar-refractivity contribution is -0.142. The summed E-state index contributed by atoms with van der Waals surface area (Å²) >= 11 is 0. The van der Waals surface area contributed by atoms with Crippen molar-refractivity contribution < 1.29 is 24.6 Å². The Morgan fingerprint density at radius 1 is 0.590 bits per heavy atom. The van der Waals surface area contributed by atoms with Crippen LogP contribution in [0.15, 0.2) is 0 Å². The van der Waals surface area contributed by atoms with E-state index in [0.717, 1.165) is 83.5 Å². The van der Waals surface area contributed by atoms with Gasteiger partial charge in [-0.1, -0.05) is 123 Å². The summed E-state index contributed by atoms with van der Waals surface area (Å²) in [6.45, 7) is 4.55. The number of carboxylic acid groups (broad SMARTS) is 1. The molecule has 39 heavy (non-hydrogen) atoms. The summed E-state index contributed by atoms with van der Waals surface area (Å²) in [5.41, 5.74) is 6.14. The smallest absolute Gasteiger partial charge is 0.326 e. The highest BCUT2D eigenvalue weighted by atomic mass is 35.5. The van der Waals surface area contributed by atoms with Crippen molar-refractivity contribution in [2.75, 3.05) is 6.61 Å². The fourth-order valence-corrected chi connectivity index (χ4v) is 4.65. The number of unbranched alkanes of at least 4 members (excludes halogenated alkanes) is 15. The second-order valence-corrected chi connectivity index (χ2v) is 10.8. The van der Waals surface area contributed by atoms with E-state index in [-0.39, 0.29) is 24.9 Å². The zero-order chi connectivity index (χ0) is 28.4. The van der Waals surface area contributed by atoms with E-state index in [0.29, 0.717) is 25.7 Å². The summed E-state index contributed by atoms with van der Waals surface area (Å²) in [5, 5.41) is 24.0. The molecule has 0 bridgehead atoms. The molecule has 6 N–H and O–H groups in total. The molecule has 0 saturated heterocycles. The van der Waals surface area contributed by atoms with E-state index >= 15 is 0 Å². The first-order valence-corrected chi connectivity index (χ1v) is 15.6. The zero-order valence-corrected chi connectivity index (χ0v) is 25.7. The Labute approximate surface area is 244 Å². The van der Waals surface area contributed by atoms with Gasteiger partial charge < -0.3 is 26.6 Å². The van der Waals surface area contributed by atoms with Crippen LogP contribution >= 0.6 is 12.4 Å². The van der Waals surface area contributed by atoms with Gasteiger partial charge in [0.25, 0.3) is 0 Å². The minimum atomic E-state index is -1.05. The number of halogens is 1. The van der Waals surface area contributed by atoms with E-state index in [1.807, 2.05) is 0 Å². The molecule has 3 atom stereocenters. The van der Waals surface area contributed by atoms with Gasteiger partial charge in [-0.15, -0.1) is 12.4 Å². The van der Waals surface area contributed by atoms with E-state index < -0.39 is 30.0 Å². The quantitative estimate of drug-likeness (QED) is 0.0756. The fraction of sp³-hybridized carbons (Fsp3) is 0.900. The minimum Gasteiger partial charge on any atom is -0.480 e. The van der Waals surface area contributed by atoms with Gasteiger partial charge in [0.1, 0.15) is 12.1 Å². The van der Waals surface area contributed by atoms with Crippen LogP contribution in [0, 0.1) is 0 Å². The number of carboxylic acids is 1. The summed E-state index contributed by atoms with van der Waals surface area (Å²) in [5.74, 6) is -1.82. The van der Waals surface area contributed by atoms with Crippen molar-refractivity contribution in [3.05, 3.63) is 0 Å². The Morgan fingerprint density at radius 3 is 1.44 bits per heavy atom. The normalized spacial score (nSPS) is 13.2. The Hall–Kier alpha value is -1.38. The molecule has 0 aromatic rings. The van der Waals surface area contributed by atoms with Crippen LogP contribution in [0.4, 0.5) is 0 Å². The van der Waals surface area contributed by atoms with Gasteiger partial charge in [-0.05, 0) is 25.7 Å². The highest BCUT2D eigenvalue weighted by Gasteiger charge is 2.27. The number of aliphatic hydroxyl groups is 1. The number of nitrogens with two attached hydrogens (primary N) is 1. The topological polar surface area (TPSA) is 142 Å². The molecule has 0 aromatic carbocycles. The number of rotatable bonds is 27. The first-order valence-electron chi connectivity index (χ1n) is 15.6. The average molecular weight is 578 g/mol. The molecule has 9 heteroatoms. The van der Waals surface area contributed by atoms with E-state index in [1.54, 1.807) is 0 Å². The minimum absolute atomic E-state index is 0. The van der Waals surface area contributed by atoms with Gasteiger partial charge in [-0.2, -0.15) is 0 Å². The van der Waals surface area contributed by atoms with Crippen LogP contribution < -0.4 is 16.4 Å². The Bertz CT molecular complexity index is 609. The third-order valence-corrected chi connectivity index (χ3v) is 7.20. The van der Waals surface area contributed by atoms with Gasteiger partial charge in [-0.25, -0.2) is 4.79 Å². The second-order valence-electron chi connectivity index (χ2n) is 10.8. The first-order chi connectivity index (χ1) is 18.4. The molecule has 0 fully saturated rings. The summed E-state index contributed by atoms with van der Waals surface area (Å²) < 4.78 is 0. The monoisotopic (exact) mass is 577 g/mol. The maximum atomic E-state index is 13.1. The van der Waals surface area contributed by atoms with Crippen molar-refractivity contribution in [2.45, 2.75) is 167 Å². The number of hydrogen-bond donors (Lipinski definition) is 5. The van der Waals surface area contributed by atoms with Crippen LogP contribution in [0.1, 0.15) is 149 Å². The Morgan fingerprint density at radius 2 is 0.974 bits per heavy atom. The number of amides is 2. The van der Waals surface area contributed by atoms with Crippen molar-refractivity contribution in [1.82, 2.24) is 10.6 Å². The van der Waals surface area contributed by atoms with Crippen LogP contribution in [-0.2, 0) is 14.4 Å². The molecule has 0 saturated carbocycles. The molecule has 3 unspecified atom stereocenters. The number of carbonyl (C=O) groups excluding carboxylic acids is 2. The SMILES string of the molecule is CCCCCCCCC(N)C(=O)NC(CCCCCCCC)C(=O)NC(CCCCCCCCO)C(=O)O.Cl. The van der Waals surface area contributed by atoms with Crippen LogP contribution in [0.5, 0.6) is 0 Å². The Kier molecular flexibility index (Phi) is 28.7. The lowest BCUT2D eigenvalue weighted by Crippen LogP contribution is -2.54. The van der Waals surface area contributed by atoms with Gasteiger partial charge in [0.15, 0.2) is 0 Å². The maximum Gasteiger partial charge on any atom is 0.326 e. The molecule has 0 spiro atoms. The lowest BCUT2D eigenvalue weighted by atomic mass is 10.0. The molecule has 0 radical (unpaired) electrons. The molecule has 0 aliphatic rings. The third kappa shape index (κ3) is 23.1. The standard InChI is InChI=1S/C30H59N3O5.ClH/c1-3-5-7-9-13-17-21-25(31)28(35)32-26(22-18-14-10-8-6-4-2)29(36)33-27(30(37)38)23-19-15-11-12-16-20-24-34;/h25-27,34H,3-24,31H2,1-2H3,(H,32,35)(H,33,36)(H,37,38);1H. The molecule has 0 rings (SSSR count). The predicted molar refractivity (Wildman–Crippen MR) is 162 cm³/mol. The molecule has 8 nitrogen and oxygen atoms in total. The maximum absolute atomic E-state index is 13.1. The van der Waals surface area contributed by atoms with Gasteiger partial charge in [-0.3, -0.25) is 9.59 Å². The number of aliphatic hydroxyl groups excluding tert-OH is 1. The number of nitrogens with one attached hydrogen (secondary N) is 2. The van der Waals surface area contributed by atoms with Crippen molar-refractivity contribution in [3.8, 4) is 0 Å². The van der Waals surface area contributed by atoms with Crippen LogP contribution in [0.3, 0.4) is 0 Å². The average Bonchev–Trinajstić information content (AvgIpc) is 2.90. The van der Waals surface area contributed by atoms with Gasteiger partial charge >= 0.3 is 5.97 Å². The molecular weight excluding hydrogens is 518 g/mol. The van der Waals surface area contributed by atoms with Gasteiger partial charge in [0.2, 0.25) is 11.8 Å². The number of hydrogen-bond acceptors (Lipinski definition) is 5. The van der Waals surface area contributed by atoms with E-state index in [9.17, 15) is 19.5 Å². The molecular formula is C30H60ClN3O5. The Balaban J connectivity index is 0. The second kappa shape index (κ2) is 28.2. The summed E-state index contributed by atoms with van der Waals surface area (Å²) in [7, 11) is 0. The molecule has 0 aliphatic heterocycles. The molecule has 0 aromatic heterocycles. The van der Waals surface area contributed by atoms with Crippen LogP contribution in [0.25, 0.3) is 0 Å². The number of aliphatic carboxylic acids is 1. The summed E-state index contributed by atoms with van der Waals surface area (Å²) in [4.78, 5) is 37.7. The van der Waals surface area contributed by atoms with E-state index in [4.69, 9.17) is 10.8 Å². The van der Waals surface area contributed by atoms with Crippen molar-refractivity contribution in [1.29, 1.82) is 0 Å². The van der Waals surface area contributed by atoms with Crippen LogP contribution in [0.2, 0.25) is 0 Å². The highest BCUT2D eigenvalue weighted by molar-refractivity contribution is 5.91. The molecule has 232 valence electrons. The van der Waals surface area contributed by atoms with Gasteiger partial charge in [0.05, 0.1) is 6.04 Å². The van der Waals surface area contributed by atoms with E-state index in [1.165, 1.54) is 25.7 Å².